The maximum atomic E-state index is 13.2. The van der Waals surface area contributed by atoms with Crippen LogP contribution in [0.15, 0.2) is 77.7 Å². The average Bonchev–Trinajstić information content (AvgIpc) is 3.21. The monoisotopic (exact) mass is 377 g/mol. The number of furan rings is 1. The molecule has 0 saturated heterocycles. The van der Waals surface area contributed by atoms with E-state index in [1.807, 2.05) is 48.5 Å². The zero-order valence-electron chi connectivity index (χ0n) is 15.7. The second-order valence-corrected chi connectivity index (χ2v) is 6.56. The average molecular weight is 377 g/mol. The largest absolute Gasteiger partial charge is 0.467 e. The predicted molar refractivity (Wildman–Crippen MR) is 105 cm³/mol. The van der Waals surface area contributed by atoms with Gasteiger partial charge in [0, 0.05) is 25.9 Å². The minimum atomic E-state index is -0.390. The normalized spacial score (nSPS) is 11.6. The van der Waals surface area contributed by atoms with Crippen molar-refractivity contribution < 1.29 is 14.0 Å². The van der Waals surface area contributed by atoms with Gasteiger partial charge in [0.2, 0.25) is 11.8 Å². The first-order valence-corrected chi connectivity index (χ1v) is 9.13. The van der Waals surface area contributed by atoms with Gasteiger partial charge in [0.1, 0.15) is 5.76 Å². The molecular weight excluding hydrogens is 354 g/mol. The van der Waals surface area contributed by atoms with Crippen LogP contribution in [0.2, 0.25) is 0 Å². The molecule has 1 atom stereocenters. The number of pyridine rings is 1. The van der Waals surface area contributed by atoms with Crippen molar-refractivity contribution in [3.8, 4) is 0 Å². The smallest absolute Gasteiger partial charge is 0.225 e. The van der Waals surface area contributed by atoms with Crippen LogP contribution in [-0.4, -0.2) is 21.7 Å². The summed E-state index contributed by atoms with van der Waals surface area (Å²) in [6.45, 7) is 2.22. The Kier molecular flexibility index (Phi) is 6.57. The number of carbonyl (C=O) groups excluding carboxylic acids is 2. The van der Waals surface area contributed by atoms with E-state index in [0.717, 1.165) is 11.1 Å². The molecule has 0 radical (unpaired) electrons. The molecule has 1 N–H and O–H groups in total. The van der Waals surface area contributed by atoms with Crippen LogP contribution >= 0.6 is 0 Å². The topological polar surface area (TPSA) is 75.4 Å². The van der Waals surface area contributed by atoms with E-state index in [-0.39, 0.29) is 24.3 Å². The Hall–Kier alpha value is -3.41. The highest BCUT2D eigenvalue weighted by Crippen LogP contribution is 2.20. The van der Waals surface area contributed by atoms with Gasteiger partial charge in [-0.05, 0) is 29.3 Å². The fourth-order valence-electron chi connectivity index (χ4n) is 3.02. The third-order valence-electron chi connectivity index (χ3n) is 4.33. The molecule has 0 aliphatic carbocycles. The van der Waals surface area contributed by atoms with E-state index >= 15 is 0 Å². The molecule has 0 aliphatic rings. The van der Waals surface area contributed by atoms with E-state index in [1.165, 1.54) is 6.92 Å². The minimum absolute atomic E-state index is 0.0807. The first kappa shape index (κ1) is 19.4. The Bertz CT molecular complexity index is 880. The van der Waals surface area contributed by atoms with Crippen LogP contribution in [-0.2, 0) is 22.7 Å². The lowest BCUT2D eigenvalue weighted by molar-refractivity contribution is -0.133. The van der Waals surface area contributed by atoms with Gasteiger partial charge in [-0.2, -0.15) is 0 Å². The Balaban J connectivity index is 1.79. The van der Waals surface area contributed by atoms with Crippen LogP contribution in [0.3, 0.4) is 0 Å². The first-order chi connectivity index (χ1) is 13.6. The SMILES string of the molecule is CC(=O)NC(CC(=O)N(Cc1cccnc1)Cc1ccco1)c1ccccc1. The fourth-order valence-corrected chi connectivity index (χ4v) is 3.02. The van der Waals surface area contributed by atoms with Crippen molar-refractivity contribution in [2.75, 3.05) is 0 Å². The van der Waals surface area contributed by atoms with Gasteiger partial charge in [0.05, 0.1) is 25.3 Å². The van der Waals surface area contributed by atoms with Gasteiger partial charge in [-0.3, -0.25) is 14.6 Å². The predicted octanol–water partition coefficient (Wildman–Crippen LogP) is 3.47. The van der Waals surface area contributed by atoms with Crippen molar-refractivity contribution in [3.63, 3.8) is 0 Å². The van der Waals surface area contributed by atoms with E-state index in [4.69, 9.17) is 4.42 Å². The number of carbonyl (C=O) groups is 2. The summed E-state index contributed by atoms with van der Waals surface area (Å²) < 4.78 is 5.43. The summed E-state index contributed by atoms with van der Waals surface area (Å²) in [4.78, 5) is 30.7. The third-order valence-corrected chi connectivity index (χ3v) is 4.33. The van der Waals surface area contributed by atoms with Gasteiger partial charge < -0.3 is 14.6 Å². The van der Waals surface area contributed by atoms with Gasteiger partial charge >= 0.3 is 0 Å². The Labute approximate surface area is 164 Å². The molecule has 0 saturated carbocycles. The van der Waals surface area contributed by atoms with E-state index < -0.39 is 0 Å². The molecule has 2 heterocycles. The fraction of sp³-hybridized carbons (Fsp3) is 0.227. The van der Waals surface area contributed by atoms with Crippen molar-refractivity contribution in [3.05, 3.63) is 90.1 Å². The number of aromatic nitrogens is 1. The number of nitrogens with one attached hydrogen (secondary N) is 1. The highest BCUT2D eigenvalue weighted by molar-refractivity contribution is 5.79. The summed E-state index contributed by atoms with van der Waals surface area (Å²) in [5.41, 5.74) is 1.82. The number of hydrogen-bond acceptors (Lipinski definition) is 4. The minimum Gasteiger partial charge on any atom is -0.467 e. The Morgan fingerprint density at radius 1 is 1.07 bits per heavy atom. The van der Waals surface area contributed by atoms with E-state index in [0.29, 0.717) is 18.8 Å². The molecule has 0 spiro atoms. The van der Waals surface area contributed by atoms with E-state index in [9.17, 15) is 9.59 Å². The van der Waals surface area contributed by atoms with Gasteiger partial charge in [-0.25, -0.2) is 0 Å². The second kappa shape index (κ2) is 9.50. The standard InChI is InChI=1S/C22H23N3O3/c1-17(26)24-21(19-8-3-2-4-9-19)13-22(27)25(16-20-10-6-12-28-20)15-18-7-5-11-23-14-18/h2-12,14,21H,13,15-16H2,1H3,(H,24,26). The van der Waals surface area contributed by atoms with Gasteiger partial charge in [-0.1, -0.05) is 36.4 Å². The first-order valence-electron chi connectivity index (χ1n) is 9.13. The Morgan fingerprint density at radius 3 is 2.54 bits per heavy atom. The molecule has 28 heavy (non-hydrogen) atoms. The number of rotatable bonds is 8. The lowest BCUT2D eigenvalue weighted by Gasteiger charge is -2.25. The molecule has 3 aromatic rings. The maximum Gasteiger partial charge on any atom is 0.225 e. The molecule has 6 heteroatoms. The number of amides is 2. The molecule has 0 bridgehead atoms. The van der Waals surface area contributed by atoms with E-state index in [1.54, 1.807) is 29.6 Å². The molecule has 2 aromatic heterocycles. The molecule has 0 fully saturated rings. The van der Waals surface area contributed by atoms with Crippen LogP contribution in [0.1, 0.15) is 36.3 Å². The van der Waals surface area contributed by atoms with Gasteiger partial charge in [0.25, 0.3) is 0 Å². The highest BCUT2D eigenvalue weighted by Gasteiger charge is 2.22. The molecule has 6 nitrogen and oxygen atoms in total. The maximum absolute atomic E-state index is 13.2. The second-order valence-electron chi connectivity index (χ2n) is 6.56. The lowest BCUT2D eigenvalue weighted by Crippen LogP contribution is -2.35. The molecular formula is C22H23N3O3. The summed E-state index contributed by atoms with van der Waals surface area (Å²) in [5, 5.41) is 2.88. The van der Waals surface area contributed by atoms with Crippen molar-refractivity contribution in [2.24, 2.45) is 0 Å². The Morgan fingerprint density at radius 2 is 1.89 bits per heavy atom. The summed E-state index contributed by atoms with van der Waals surface area (Å²) in [5.74, 6) is 0.447. The molecule has 2 amide bonds. The number of hydrogen-bond donors (Lipinski definition) is 1. The van der Waals surface area contributed by atoms with Crippen molar-refractivity contribution in [1.29, 1.82) is 0 Å². The van der Waals surface area contributed by atoms with Gasteiger partial charge in [-0.15, -0.1) is 0 Å². The summed E-state index contributed by atoms with van der Waals surface area (Å²) in [6, 6.07) is 16.5. The van der Waals surface area contributed by atoms with Crippen LogP contribution in [0.25, 0.3) is 0 Å². The molecule has 3 rings (SSSR count). The molecule has 1 aromatic carbocycles. The highest BCUT2D eigenvalue weighted by atomic mass is 16.3. The van der Waals surface area contributed by atoms with Crippen LogP contribution in [0, 0.1) is 0 Å². The summed E-state index contributed by atoms with van der Waals surface area (Å²) >= 11 is 0. The van der Waals surface area contributed by atoms with E-state index in [2.05, 4.69) is 10.3 Å². The zero-order chi connectivity index (χ0) is 19.8. The number of nitrogens with zero attached hydrogens (tertiary/aromatic N) is 2. The lowest BCUT2D eigenvalue weighted by atomic mass is 10.0. The number of benzene rings is 1. The zero-order valence-corrected chi connectivity index (χ0v) is 15.7. The quantitative estimate of drug-likeness (QED) is 0.652. The summed E-state index contributed by atoms with van der Waals surface area (Å²) in [7, 11) is 0. The van der Waals surface area contributed by atoms with Crippen molar-refractivity contribution >= 4 is 11.8 Å². The van der Waals surface area contributed by atoms with Crippen molar-refractivity contribution in [2.45, 2.75) is 32.5 Å². The molecule has 1 unspecified atom stereocenters. The molecule has 0 aliphatic heterocycles. The van der Waals surface area contributed by atoms with Crippen LogP contribution < -0.4 is 5.32 Å². The van der Waals surface area contributed by atoms with Crippen molar-refractivity contribution in [1.82, 2.24) is 15.2 Å². The van der Waals surface area contributed by atoms with Crippen LogP contribution in [0.4, 0.5) is 0 Å². The van der Waals surface area contributed by atoms with Gasteiger partial charge in [0.15, 0.2) is 0 Å². The third kappa shape index (κ3) is 5.54. The summed E-state index contributed by atoms with van der Waals surface area (Å²) in [6.07, 6.45) is 5.19. The van der Waals surface area contributed by atoms with Crippen LogP contribution in [0.5, 0.6) is 0 Å². The molecule has 144 valence electrons.